The van der Waals surface area contributed by atoms with Crippen molar-refractivity contribution in [3.63, 3.8) is 0 Å². The van der Waals surface area contributed by atoms with Gasteiger partial charge in [0.05, 0.1) is 10.7 Å². The summed E-state index contributed by atoms with van der Waals surface area (Å²) in [5, 5.41) is 10.7. The van der Waals surface area contributed by atoms with Crippen LogP contribution in [-0.2, 0) is 13.1 Å². The van der Waals surface area contributed by atoms with Crippen molar-refractivity contribution in [2.75, 3.05) is 18.4 Å². The van der Waals surface area contributed by atoms with Crippen molar-refractivity contribution in [2.24, 2.45) is 0 Å². The van der Waals surface area contributed by atoms with Gasteiger partial charge in [0.15, 0.2) is 5.65 Å². The van der Waals surface area contributed by atoms with Gasteiger partial charge in [-0.15, -0.1) is 0 Å². The predicted octanol–water partition coefficient (Wildman–Crippen LogP) is 6.03. The highest BCUT2D eigenvalue weighted by molar-refractivity contribution is 9.10. The molecule has 1 N–H and O–H groups in total. The number of nitrogens with one attached hydrogen (secondary N) is 1. The number of nitrogens with zero attached hydrogens (tertiary/aromatic N) is 5. The van der Waals surface area contributed by atoms with E-state index >= 15 is 0 Å². The second-order valence-corrected chi connectivity index (χ2v) is 10.1. The fourth-order valence-electron chi connectivity index (χ4n) is 4.97. The number of benzene rings is 2. The van der Waals surface area contributed by atoms with Gasteiger partial charge in [0, 0.05) is 43.2 Å². The zero-order valence-corrected chi connectivity index (χ0v) is 21.0. The number of pyridine rings is 1. The molecule has 0 spiro atoms. The maximum absolute atomic E-state index is 5.00. The molecule has 2 aromatic carbocycles. The predicted molar refractivity (Wildman–Crippen MR) is 143 cm³/mol. The second-order valence-electron chi connectivity index (χ2n) is 9.24. The van der Waals surface area contributed by atoms with E-state index in [1.807, 2.05) is 23.0 Å². The molecule has 1 aliphatic heterocycles. The van der Waals surface area contributed by atoms with E-state index in [1.54, 1.807) is 6.20 Å². The van der Waals surface area contributed by atoms with Crippen LogP contribution < -0.4 is 5.32 Å². The van der Waals surface area contributed by atoms with Gasteiger partial charge in [-0.05, 0) is 75.9 Å². The Morgan fingerprint density at radius 2 is 1.77 bits per heavy atom. The fraction of sp³-hybridized carbons (Fsp3) is 0.250. The molecule has 1 aliphatic rings. The normalized spacial score (nSPS) is 15.1. The van der Waals surface area contributed by atoms with Crippen molar-refractivity contribution in [3.8, 4) is 0 Å². The standard InChI is InChI=1S/C28H27BrN6/c29-25-18-32-35-27(31-17-21-4-3-11-30-16-21)15-26(33-28(25)35)23-9-12-34(13-10-23)19-20-7-8-22-5-1-2-6-24(22)14-20/h1-8,11,14-16,18,23,31H,9-10,12-13,17,19H2. The highest BCUT2D eigenvalue weighted by Crippen LogP contribution is 2.31. The highest BCUT2D eigenvalue weighted by atomic mass is 79.9. The summed E-state index contributed by atoms with van der Waals surface area (Å²) in [6.07, 6.45) is 7.70. The van der Waals surface area contributed by atoms with E-state index < -0.39 is 0 Å². The number of anilines is 1. The van der Waals surface area contributed by atoms with Gasteiger partial charge in [-0.1, -0.05) is 42.5 Å². The Balaban J connectivity index is 1.16. The Kier molecular flexibility index (Phi) is 6.19. The van der Waals surface area contributed by atoms with Gasteiger partial charge >= 0.3 is 0 Å². The van der Waals surface area contributed by atoms with E-state index in [0.29, 0.717) is 12.5 Å². The number of piperidine rings is 1. The first kappa shape index (κ1) is 22.2. The molecule has 35 heavy (non-hydrogen) atoms. The smallest absolute Gasteiger partial charge is 0.171 e. The van der Waals surface area contributed by atoms with Crippen LogP contribution in [0.3, 0.4) is 0 Å². The summed E-state index contributed by atoms with van der Waals surface area (Å²) >= 11 is 3.63. The number of rotatable bonds is 6. The Morgan fingerprint density at radius 1 is 0.914 bits per heavy atom. The first-order valence-electron chi connectivity index (χ1n) is 12.1. The second kappa shape index (κ2) is 9.76. The summed E-state index contributed by atoms with van der Waals surface area (Å²) in [6.45, 7) is 3.83. The fourth-order valence-corrected chi connectivity index (χ4v) is 5.32. The topological polar surface area (TPSA) is 58.4 Å². The van der Waals surface area contributed by atoms with Crippen LogP contribution in [0.25, 0.3) is 16.4 Å². The molecule has 0 bridgehead atoms. The van der Waals surface area contributed by atoms with Crippen LogP contribution in [0.15, 0.2) is 83.7 Å². The highest BCUT2D eigenvalue weighted by Gasteiger charge is 2.23. The molecule has 1 fully saturated rings. The van der Waals surface area contributed by atoms with E-state index in [4.69, 9.17) is 4.98 Å². The first-order valence-corrected chi connectivity index (χ1v) is 12.9. The van der Waals surface area contributed by atoms with Crippen LogP contribution in [0.2, 0.25) is 0 Å². The molecule has 0 amide bonds. The third-order valence-electron chi connectivity index (χ3n) is 6.87. The first-order chi connectivity index (χ1) is 17.2. The van der Waals surface area contributed by atoms with E-state index in [0.717, 1.165) is 59.7 Å². The molecule has 0 aliphatic carbocycles. The molecule has 6 nitrogen and oxygen atoms in total. The van der Waals surface area contributed by atoms with Crippen molar-refractivity contribution in [1.82, 2.24) is 24.5 Å². The van der Waals surface area contributed by atoms with E-state index in [1.165, 1.54) is 16.3 Å². The van der Waals surface area contributed by atoms with E-state index in [2.05, 4.69) is 90.8 Å². The molecule has 3 aromatic heterocycles. The lowest BCUT2D eigenvalue weighted by Gasteiger charge is -2.32. The summed E-state index contributed by atoms with van der Waals surface area (Å²) in [6, 6.07) is 21.6. The zero-order valence-electron chi connectivity index (χ0n) is 19.4. The number of likely N-dealkylation sites (tertiary alicyclic amines) is 1. The molecule has 4 heterocycles. The largest absolute Gasteiger partial charge is 0.366 e. The quantitative estimate of drug-likeness (QED) is 0.292. The molecule has 0 saturated carbocycles. The minimum absolute atomic E-state index is 0.439. The third kappa shape index (κ3) is 4.79. The van der Waals surface area contributed by atoms with Crippen LogP contribution in [0.4, 0.5) is 5.82 Å². The average molecular weight is 527 g/mol. The molecule has 5 aromatic rings. The van der Waals surface area contributed by atoms with Crippen molar-refractivity contribution < 1.29 is 0 Å². The van der Waals surface area contributed by atoms with E-state index in [-0.39, 0.29) is 0 Å². The van der Waals surface area contributed by atoms with Crippen molar-refractivity contribution in [3.05, 3.63) is 101 Å². The van der Waals surface area contributed by atoms with Crippen molar-refractivity contribution >= 4 is 38.2 Å². The summed E-state index contributed by atoms with van der Waals surface area (Å²) in [5.41, 5.74) is 4.51. The van der Waals surface area contributed by atoms with Crippen molar-refractivity contribution in [1.29, 1.82) is 0 Å². The van der Waals surface area contributed by atoms with Gasteiger partial charge in [0.2, 0.25) is 0 Å². The number of halogens is 1. The SMILES string of the molecule is Brc1cnn2c(NCc3cccnc3)cc(C3CCN(Cc4ccc5ccccc5c4)CC3)nc12. The number of aromatic nitrogens is 4. The van der Waals surface area contributed by atoms with Gasteiger partial charge in [-0.3, -0.25) is 9.88 Å². The van der Waals surface area contributed by atoms with Crippen LogP contribution in [-0.4, -0.2) is 37.6 Å². The molecule has 6 rings (SSSR count). The molecule has 7 heteroatoms. The third-order valence-corrected chi connectivity index (χ3v) is 7.43. The molecular weight excluding hydrogens is 500 g/mol. The van der Waals surface area contributed by atoms with Crippen LogP contribution in [0, 0.1) is 0 Å². The molecule has 0 atom stereocenters. The van der Waals surface area contributed by atoms with Gasteiger partial charge in [0.25, 0.3) is 0 Å². The molecule has 0 unspecified atom stereocenters. The molecule has 0 radical (unpaired) electrons. The van der Waals surface area contributed by atoms with Crippen LogP contribution in [0.5, 0.6) is 0 Å². The number of hydrogen-bond donors (Lipinski definition) is 1. The molecule has 1 saturated heterocycles. The number of fused-ring (bicyclic) bond motifs is 2. The van der Waals surface area contributed by atoms with Gasteiger partial charge in [-0.25, -0.2) is 4.98 Å². The maximum Gasteiger partial charge on any atom is 0.171 e. The Labute approximate surface area is 213 Å². The summed E-state index contributed by atoms with van der Waals surface area (Å²) < 4.78 is 2.79. The summed E-state index contributed by atoms with van der Waals surface area (Å²) in [4.78, 5) is 11.8. The average Bonchev–Trinajstić information content (AvgIpc) is 3.29. The molecular formula is C28H27BrN6. The minimum atomic E-state index is 0.439. The lowest BCUT2D eigenvalue weighted by Crippen LogP contribution is -2.32. The Bertz CT molecular complexity index is 1460. The zero-order chi connectivity index (χ0) is 23.6. The van der Waals surface area contributed by atoms with Gasteiger partial charge in [0.1, 0.15) is 5.82 Å². The van der Waals surface area contributed by atoms with Crippen molar-refractivity contribution in [2.45, 2.75) is 31.8 Å². The van der Waals surface area contributed by atoms with Gasteiger partial charge < -0.3 is 5.32 Å². The Hall–Kier alpha value is -3.29. The molecule has 176 valence electrons. The van der Waals surface area contributed by atoms with E-state index in [9.17, 15) is 0 Å². The number of hydrogen-bond acceptors (Lipinski definition) is 5. The minimum Gasteiger partial charge on any atom is -0.366 e. The monoisotopic (exact) mass is 526 g/mol. The lowest BCUT2D eigenvalue weighted by atomic mass is 9.92. The lowest BCUT2D eigenvalue weighted by molar-refractivity contribution is 0.203. The summed E-state index contributed by atoms with van der Waals surface area (Å²) in [5.74, 6) is 1.40. The van der Waals surface area contributed by atoms with Gasteiger partial charge in [-0.2, -0.15) is 9.61 Å². The van der Waals surface area contributed by atoms with Crippen LogP contribution in [0.1, 0.15) is 35.6 Å². The maximum atomic E-state index is 5.00. The Morgan fingerprint density at radius 3 is 2.60 bits per heavy atom. The summed E-state index contributed by atoms with van der Waals surface area (Å²) in [7, 11) is 0. The van der Waals surface area contributed by atoms with Crippen LogP contribution >= 0.6 is 15.9 Å².